The van der Waals surface area contributed by atoms with E-state index >= 15 is 0 Å². The Morgan fingerprint density at radius 1 is 1.35 bits per heavy atom. The first-order valence-corrected chi connectivity index (χ1v) is 6.79. The van der Waals surface area contributed by atoms with Crippen LogP contribution in [0, 0.1) is 6.92 Å². The summed E-state index contributed by atoms with van der Waals surface area (Å²) in [6, 6.07) is 0. The molecule has 0 bridgehead atoms. The highest BCUT2D eigenvalue weighted by Crippen LogP contribution is 2.23. The van der Waals surface area contributed by atoms with E-state index in [0.717, 1.165) is 35.3 Å². The lowest BCUT2D eigenvalue weighted by atomic mass is 10.2. The van der Waals surface area contributed by atoms with Crippen LogP contribution >= 0.6 is 0 Å². The van der Waals surface area contributed by atoms with E-state index in [0.29, 0.717) is 6.54 Å². The summed E-state index contributed by atoms with van der Waals surface area (Å²) >= 11 is 0. The van der Waals surface area contributed by atoms with Crippen molar-refractivity contribution in [1.29, 1.82) is 0 Å². The van der Waals surface area contributed by atoms with Crippen molar-refractivity contribution in [1.82, 2.24) is 19.5 Å². The molecule has 0 saturated carbocycles. The second kappa shape index (κ2) is 5.90. The lowest BCUT2D eigenvalue weighted by Gasteiger charge is -2.21. The van der Waals surface area contributed by atoms with E-state index in [1.54, 1.807) is 0 Å². The van der Waals surface area contributed by atoms with E-state index in [2.05, 4.69) is 32.1 Å². The molecule has 0 spiro atoms. The SMILES string of the molecule is CCc1nc(NC)c(C)c(N(C)Cc2nccn2C)n1. The second-order valence-corrected chi connectivity index (χ2v) is 4.85. The Kier molecular flexibility index (Phi) is 4.22. The summed E-state index contributed by atoms with van der Waals surface area (Å²) in [5.41, 5.74) is 1.06. The zero-order valence-corrected chi connectivity index (χ0v) is 12.8. The fourth-order valence-corrected chi connectivity index (χ4v) is 2.16. The van der Waals surface area contributed by atoms with Gasteiger partial charge in [0.05, 0.1) is 6.54 Å². The normalized spacial score (nSPS) is 10.7. The first kappa shape index (κ1) is 14.3. The Hall–Kier alpha value is -2.11. The first-order valence-electron chi connectivity index (χ1n) is 6.79. The molecule has 0 aliphatic carbocycles. The van der Waals surface area contributed by atoms with Crippen molar-refractivity contribution in [3.8, 4) is 0 Å². The van der Waals surface area contributed by atoms with Gasteiger partial charge in [-0.3, -0.25) is 0 Å². The minimum absolute atomic E-state index is 0.716. The summed E-state index contributed by atoms with van der Waals surface area (Å²) in [7, 11) is 5.92. The number of aryl methyl sites for hydroxylation is 2. The molecule has 1 N–H and O–H groups in total. The van der Waals surface area contributed by atoms with Crippen molar-refractivity contribution >= 4 is 11.6 Å². The molecule has 6 heteroatoms. The third kappa shape index (κ3) is 2.74. The van der Waals surface area contributed by atoms with Gasteiger partial charge in [-0.15, -0.1) is 0 Å². The van der Waals surface area contributed by atoms with Crippen LogP contribution in [0.25, 0.3) is 0 Å². The van der Waals surface area contributed by atoms with Gasteiger partial charge >= 0.3 is 0 Å². The molecule has 0 aliphatic heterocycles. The Morgan fingerprint density at radius 2 is 2.10 bits per heavy atom. The van der Waals surface area contributed by atoms with E-state index < -0.39 is 0 Å². The summed E-state index contributed by atoms with van der Waals surface area (Å²) in [5.74, 6) is 3.69. The van der Waals surface area contributed by atoms with Crippen LogP contribution in [0.5, 0.6) is 0 Å². The van der Waals surface area contributed by atoms with E-state index in [-0.39, 0.29) is 0 Å². The van der Waals surface area contributed by atoms with Crippen LogP contribution in [-0.2, 0) is 20.0 Å². The van der Waals surface area contributed by atoms with E-state index in [1.807, 2.05) is 45.0 Å². The maximum absolute atomic E-state index is 4.65. The van der Waals surface area contributed by atoms with Gasteiger partial charge in [0.25, 0.3) is 0 Å². The average molecular weight is 274 g/mol. The molecule has 0 radical (unpaired) electrons. The van der Waals surface area contributed by atoms with E-state index in [4.69, 9.17) is 0 Å². The van der Waals surface area contributed by atoms with Crippen LogP contribution in [0.15, 0.2) is 12.4 Å². The highest BCUT2D eigenvalue weighted by Gasteiger charge is 2.14. The van der Waals surface area contributed by atoms with E-state index in [1.165, 1.54) is 0 Å². The van der Waals surface area contributed by atoms with Gasteiger partial charge in [0, 0.05) is 45.5 Å². The summed E-state index contributed by atoms with van der Waals surface area (Å²) in [6.45, 7) is 4.82. The summed E-state index contributed by atoms with van der Waals surface area (Å²) in [6.07, 6.45) is 4.58. The molecule has 0 aliphatic rings. The summed E-state index contributed by atoms with van der Waals surface area (Å²) < 4.78 is 2.02. The number of hydrogen-bond donors (Lipinski definition) is 1. The average Bonchev–Trinajstić information content (AvgIpc) is 2.84. The quantitative estimate of drug-likeness (QED) is 0.900. The zero-order chi connectivity index (χ0) is 14.7. The van der Waals surface area contributed by atoms with Gasteiger partial charge in [0.15, 0.2) is 0 Å². The summed E-state index contributed by atoms with van der Waals surface area (Å²) in [4.78, 5) is 15.6. The topological polar surface area (TPSA) is 58.9 Å². The fourth-order valence-electron chi connectivity index (χ4n) is 2.16. The molecule has 0 unspecified atom stereocenters. The van der Waals surface area contributed by atoms with Gasteiger partial charge in [0.1, 0.15) is 23.3 Å². The Morgan fingerprint density at radius 3 is 2.65 bits per heavy atom. The molecular formula is C14H22N6. The Bertz CT molecular complexity index is 589. The molecule has 0 saturated heterocycles. The van der Waals surface area contributed by atoms with Crippen molar-refractivity contribution in [2.45, 2.75) is 26.8 Å². The smallest absolute Gasteiger partial charge is 0.137 e. The van der Waals surface area contributed by atoms with Crippen molar-refractivity contribution in [2.75, 3.05) is 24.3 Å². The Labute approximate surface area is 119 Å². The van der Waals surface area contributed by atoms with Crippen molar-refractivity contribution in [2.24, 2.45) is 7.05 Å². The van der Waals surface area contributed by atoms with Crippen LogP contribution in [0.3, 0.4) is 0 Å². The largest absolute Gasteiger partial charge is 0.373 e. The maximum Gasteiger partial charge on any atom is 0.137 e. The predicted molar refractivity (Wildman–Crippen MR) is 81.0 cm³/mol. The number of nitrogens with one attached hydrogen (secondary N) is 1. The Balaban J connectivity index is 2.33. The van der Waals surface area contributed by atoms with Crippen LogP contribution in [0.4, 0.5) is 11.6 Å². The van der Waals surface area contributed by atoms with Gasteiger partial charge in [-0.05, 0) is 6.92 Å². The van der Waals surface area contributed by atoms with Crippen LogP contribution < -0.4 is 10.2 Å². The van der Waals surface area contributed by atoms with Crippen molar-refractivity contribution < 1.29 is 0 Å². The maximum atomic E-state index is 4.65. The number of rotatable bonds is 5. The molecule has 0 fully saturated rings. The molecular weight excluding hydrogens is 252 g/mol. The molecule has 2 aromatic rings. The third-order valence-electron chi connectivity index (χ3n) is 3.38. The van der Waals surface area contributed by atoms with Crippen LogP contribution in [-0.4, -0.2) is 33.6 Å². The third-order valence-corrected chi connectivity index (χ3v) is 3.38. The molecule has 0 atom stereocenters. The molecule has 2 rings (SSSR count). The predicted octanol–water partition coefficient (Wildman–Crippen LogP) is 1.76. The minimum Gasteiger partial charge on any atom is -0.373 e. The molecule has 6 nitrogen and oxygen atoms in total. The molecule has 0 amide bonds. The number of hydrogen-bond acceptors (Lipinski definition) is 5. The van der Waals surface area contributed by atoms with Crippen molar-refractivity contribution in [3.05, 3.63) is 29.6 Å². The molecule has 108 valence electrons. The molecule has 20 heavy (non-hydrogen) atoms. The fraction of sp³-hybridized carbons (Fsp3) is 0.500. The standard InChI is InChI=1S/C14H22N6/c1-6-11-17-13(15-3)10(2)14(18-11)20(5)9-12-16-7-8-19(12)4/h7-8H,6,9H2,1-5H3,(H,15,17,18). The number of imidazole rings is 1. The van der Waals surface area contributed by atoms with Crippen molar-refractivity contribution in [3.63, 3.8) is 0 Å². The molecule has 0 aromatic carbocycles. The summed E-state index contributed by atoms with van der Waals surface area (Å²) in [5, 5.41) is 3.14. The minimum atomic E-state index is 0.716. The first-order chi connectivity index (χ1) is 9.56. The van der Waals surface area contributed by atoms with Crippen LogP contribution in [0.1, 0.15) is 24.1 Å². The number of aromatic nitrogens is 4. The van der Waals surface area contributed by atoms with Crippen LogP contribution in [0.2, 0.25) is 0 Å². The highest BCUT2D eigenvalue weighted by molar-refractivity contribution is 5.58. The van der Waals surface area contributed by atoms with E-state index in [9.17, 15) is 0 Å². The van der Waals surface area contributed by atoms with Gasteiger partial charge in [-0.25, -0.2) is 15.0 Å². The zero-order valence-electron chi connectivity index (χ0n) is 12.8. The lowest BCUT2D eigenvalue weighted by molar-refractivity contribution is 0.748. The number of anilines is 2. The lowest BCUT2D eigenvalue weighted by Crippen LogP contribution is -2.22. The number of nitrogens with zero attached hydrogens (tertiary/aromatic N) is 5. The second-order valence-electron chi connectivity index (χ2n) is 4.85. The molecule has 2 aromatic heterocycles. The van der Waals surface area contributed by atoms with Gasteiger partial charge in [-0.2, -0.15) is 0 Å². The van der Waals surface area contributed by atoms with Gasteiger partial charge in [-0.1, -0.05) is 6.92 Å². The monoisotopic (exact) mass is 274 g/mol. The highest BCUT2D eigenvalue weighted by atomic mass is 15.2. The van der Waals surface area contributed by atoms with Gasteiger partial charge < -0.3 is 14.8 Å². The molecule has 2 heterocycles. The van der Waals surface area contributed by atoms with Gasteiger partial charge in [0.2, 0.25) is 0 Å².